The van der Waals surface area contributed by atoms with Crippen molar-refractivity contribution in [2.45, 2.75) is 58.8 Å². The molecule has 1 N–H and O–H groups in total. The third-order valence-electron chi connectivity index (χ3n) is 5.57. The SMILES string of the molecule is CCNC(=O)Cc1cc(B2OC(C)(C)C(C)(C)O2)ccc1OCc1ccccc1. The molecular weight excluding hydrogens is 365 g/mol. The molecule has 1 fully saturated rings. The molecule has 1 aliphatic rings. The number of ether oxygens (including phenoxy) is 1. The summed E-state index contributed by atoms with van der Waals surface area (Å²) in [5.41, 5.74) is 1.94. The van der Waals surface area contributed by atoms with E-state index in [-0.39, 0.29) is 12.3 Å². The summed E-state index contributed by atoms with van der Waals surface area (Å²) in [6.45, 7) is 11.1. The van der Waals surface area contributed by atoms with Gasteiger partial charge in [0.15, 0.2) is 0 Å². The Morgan fingerprint density at radius 2 is 1.69 bits per heavy atom. The van der Waals surface area contributed by atoms with Crippen LogP contribution in [0.3, 0.4) is 0 Å². The van der Waals surface area contributed by atoms with E-state index in [1.54, 1.807) is 0 Å². The van der Waals surface area contributed by atoms with E-state index in [0.717, 1.165) is 16.6 Å². The van der Waals surface area contributed by atoms with Crippen molar-refractivity contribution in [2.75, 3.05) is 6.54 Å². The quantitative estimate of drug-likeness (QED) is 0.732. The number of rotatable bonds is 7. The summed E-state index contributed by atoms with van der Waals surface area (Å²) in [5.74, 6) is 0.656. The molecule has 1 heterocycles. The second-order valence-corrected chi connectivity index (χ2v) is 8.36. The molecular formula is C23H30BNO4. The molecule has 1 saturated heterocycles. The Morgan fingerprint density at radius 1 is 1.03 bits per heavy atom. The van der Waals surface area contributed by atoms with Crippen LogP contribution in [0.4, 0.5) is 0 Å². The first kappa shape index (κ1) is 21.4. The van der Waals surface area contributed by atoms with Crippen LogP contribution in [0.1, 0.15) is 45.7 Å². The lowest BCUT2D eigenvalue weighted by molar-refractivity contribution is -0.120. The maximum Gasteiger partial charge on any atom is 0.494 e. The zero-order valence-electron chi connectivity index (χ0n) is 18.0. The van der Waals surface area contributed by atoms with Crippen molar-refractivity contribution in [1.82, 2.24) is 5.32 Å². The highest BCUT2D eigenvalue weighted by Gasteiger charge is 2.51. The van der Waals surface area contributed by atoms with Gasteiger partial charge in [-0.2, -0.15) is 0 Å². The Kier molecular flexibility index (Phi) is 6.34. The summed E-state index contributed by atoms with van der Waals surface area (Å²) in [6.07, 6.45) is 0.241. The third-order valence-corrected chi connectivity index (χ3v) is 5.57. The number of likely N-dealkylation sites (N-methyl/N-ethyl adjacent to an activating group) is 1. The maximum atomic E-state index is 12.2. The van der Waals surface area contributed by atoms with E-state index in [4.69, 9.17) is 14.0 Å². The van der Waals surface area contributed by atoms with E-state index >= 15 is 0 Å². The van der Waals surface area contributed by atoms with Gasteiger partial charge in [0, 0.05) is 12.1 Å². The van der Waals surface area contributed by atoms with Gasteiger partial charge in [0.05, 0.1) is 17.6 Å². The number of carbonyl (C=O) groups is 1. The highest BCUT2D eigenvalue weighted by molar-refractivity contribution is 6.62. The van der Waals surface area contributed by atoms with Crippen LogP contribution in [0.5, 0.6) is 5.75 Å². The first-order chi connectivity index (χ1) is 13.7. The molecule has 0 radical (unpaired) electrons. The van der Waals surface area contributed by atoms with E-state index in [1.807, 2.05) is 83.1 Å². The van der Waals surface area contributed by atoms with E-state index < -0.39 is 18.3 Å². The van der Waals surface area contributed by atoms with Gasteiger partial charge >= 0.3 is 7.12 Å². The number of benzene rings is 2. The first-order valence-electron chi connectivity index (χ1n) is 10.1. The van der Waals surface area contributed by atoms with Gasteiger partial charge in [-0.25, -0.2) is 0 Å². The molecule has 154 valence electrons. The van der Waals surface area contributed by atoms with Gasteiger partial charge in [-0.1, -0.05) is 42.5 Å². The number of nitrogens with one attached hydrogen (secondary N) is 1. The monoisotopic (exact) mass is 395 g/mol. The van der Waals surface area contributed by atoms with E-state index in [1.165, 1.54) is 0 Å². The van der Waals surface area contributed by atoms with Crippen molar-refractivity contribution in [3.05, 3.63) is 59.7 Å². The number of carbonyl (C=O) groups excluding carboxylic acids is 1. The van der Waals surface area contributed by atoms with E-state index in [9.17, 15) is 4.79 Å². The number of hydrogen-bond donors (Lipinski definition) is 1. The van der Waals surface area contributed by atoms with Crippen LogP contribution in [0.25, 0.3) is 0 Å². The van der Waals surface area contributed by atoms with E-state index in [0.29, 0.717) is 18.9 Å². The van der Waals surface area contributed by atoms with Crippen LogP contribution in [0.15, 0.2) is 48.5 Å². The molecule has 2 aromatic rings. The molecule has 0 aromatic heterocycles. The fraction of sp³-hybridized carbons (Fsp3) is 0.435. The normalized spacial score (nSPS) is 17.2. The van der Waals surface area contributed by atoms with Crippen LogP contribution >= 0.6 is 0 Å². The molecule has 0 bridgehead atoms. The molecule has 1 amide bonds. The molecule has 2 aromatic carbocycles. The Labute approximate surface area is 173 Å². The second kappa shape index (κ2) is 8.60. The number of amides is 1. The second-order valence-electron chi connectivity index (χ2n) is 8.36. The average Bonchev–Trinajstić information content (AvgIpc) is 2.89. The Hall–Kier alpha value is -2.31. The van der Waals surface area contributed by atoms with Crippen molar-refractivity contribution in [3.63, 3.8) is 0 Å². The molecule has 0 aliphatic carbocycles. The third kappa shape index (κ3) is 5.00. The molecule has 5 nitrogen and oxygen atoms in total. The highest BCUT2D eigenvalue weighted by Crippen LogP contribution is 2.36. The topological polar surface area (TPSA) is 56.8 Å². The molecule has 0 spiro atoms. The Balaban J connectivity index is 1.84. The van der Waals surface area contributed by atoms with Crippen LogP contribution in [-0.2, 0) is 27.1 Å². The van der Waals surface area contributed by atoms with Gasteiger partial charge in [0.2, 0.25) is 5.91 Å². The molecule has 0 atom stereocenters. The Morgan fingerprint density at radius 3 is 2.31 bits per heavy atom. The van der Waals surface area contributed by atoms with Gasteiger partial charge in [-0.15, -0.1) is 0 Å². The summed E-state index contributed by atoms with van der Waals surface area (Å²) in [7, 11) is -0.476. The van der Waals surface area contributed by atoms with Gasteiger partial charge in [-0.05, 0) is 51.7 Å². The lowest BCUT2D eigenvalue weighted by Crippen LogP contribution is -2.41. The van der Waals surface area contributed by atoms with Crippen LogP contribution in [0, 0.1) is 0 Å². The predicted molar refractivity (Wildman–Crippen MR) is 115 cm³/mol. The van der Waals surface area contributed by atoms with Crippen LogP contribution < -0.4 is 15.5 Å². The fourth-order valence-electron chi connectivity index (χ4n) is 3.17. The largest absolute Gasteiger partial charge is 0.494 e. The summed E-state index contributed by atoms with van der Waals surface area (Å²) in [5, 5.41) is 2.85. The summed E-state index contributed by atoms with van der Waals surface area (Å²) >= 11 is 0. The smallest absolute Gasteiger partial charge is 0.489 e. The predicted octanol–water partition coefficient (Wildman–Crippen LogP) is 3.24. The lowest BCUT2D eigenvalue weighted by Gasteiger charge is -2.32. The zero-order chi connectivity index (χ0) is 21.1. The minimum atomic E-state index is -0.476. The molecule has 0 saturated carbocycles. The summed E-state index contributed by atoms with van der Waals surface area (Å²) in [6, 6.07) is 15.8. The van der Waals surface area contributed by atoms with Crippen LogP contribution in [-0.4, -0.2) is 30.8 Å². The standard InChI is InChI=1S/C23H30BNO4/c1-6-25-21(26)15-18-14-19(24-28-22(2,3)23(4,5)29-24)12-13-20(18)27-16-17-10-8-7-9-11-17/h7-14H,6,15-16H2,1-5H3,(H,25,26). The van der Waals surface area contributed by atoms with Crippen molar-refractivity contribution >= 4 is 18.5 Å². The van der Waals surface area contributed by atoms with Gasteiger partial charge in [-0.3, -0.25) is 4.79 Å². The number of hydrogen-bond acceptors (Lipinski definition) is 4. The maximum absolute atomic E-state index is 12.2. The molecule has 0 unspecified atom stereocenters. The molecule has 6 heteroatoms. The van der Waals surface area contributed by atoms with Crippen molar-refractivity contribution < 1.29 is 18.8 Å². The fourth-order valence-corrected chi connectivity index (χ4v) is 3.17. The highest BCUT2D eigenvalue weighted by atomic mass is 16.7. The molecule has 1 aliphatic heterocycles. The average molecular weight is 395 g/mol. The van der Waals surface area contributed by atoms with Crippen molar-refractivity contribution in [2.24, 2.45) is 0 Å². The Bertz CT molecular complexity index is 835. The van der Waals surface area contributed by atoms with Gasteiger partial charge in [0.25, 0.3) is 0 Å². The minimum absolute atomic E-state index is 0.0388. The zero-order valence-corrected chi connectivity index (χ0v) is 18.0. The van der Waals surface area contributed by atoms with Crippen LogP contribution in [0.2, 0.25) is 0 Å². The van der Waals surface area contributed by atoms with E-state index in [2.05, 4.69) is 5.32 Å². The minimum Gasteiger partial charge on any atom is -0.489 e. The molecule has 29 heavy (non-hydrogen) atoms. The van der Waals surface area contributed by atoms with Crippen molar-refractivity contribution in [1.29, 1.82) is 0 Å². The lowest BCUT2D eigenvalue weighted by atomic mass is 9.78. The summed E-state index contributed by atoms with van der Waals surface area (Å²) in [4.78, 5) is 12.2. The van der Waals surface area contributed by atoms with Crippen molar-refractivity contribution in [3.8, 4) is 5.75 Å². The summed E-state index contributed by atoms with van der Waals surface area (Å²) < 4.78 is 18.4. The van der Waals surface area contributed by atoms with Gasteiger partial charge < -0.3 is 19.4 Å². The first-order valence-corrected chi connectivity index (χ1v) is 10.1. The molecule has 3 rings (SSSR count). The van der Waals surface area contributed by atoms with Gasteiger partial charge in [0.1, 0.15) is 12.4 Å².